The van der Waals surface area contributed by atoms with Gasteiger partial charge in [-0.1, -0.05) is 35.9 Å². The number of pyridine rings is 1. The summed E-state index contributed by atoms with van der Waals surface area (Å²) < 4.78 is 0. The molecule has 0 spiro atoms. The zero-order valence-corrected chi connectivity index (χ0v) is 18.1. The first-order valence-corrected chi connectivity index (χ1v) is 11.5. The lowest BCUT2D eigenvalue weighted by Crippen LogP contribution is -2.53. The zero-order chi connectivity index (χ0) is 20.8. The predicted octanol–water partition coefficient (Wildman–Crippen LogP) is 3.75. The second-order valence-corrected chi connectivity index (χ2v) is 8.63. The van der Waals surface area contributed by atoms with E-state index in [4.69, 9.17) is 0 Å². The molecular formula is C25H34N4O. The molecule has 1 aliphatic heterocycles. The van der Waals surface area contributed by atoms with Gasteiger partial charge in [0.05, 0.1) is 11.6 Å². The minimum Gasteiger partial charge on any atom is -0.354 e. The number of hydrogen-bond acceptors (Lipinski definition) is 4. The largest absolute Gasteiger partial charge is 0.354 e. The molecule has 1 N–H and O–H groups in total. The minimum atomic E-state index is -0.0632. The molecule has 2 heterocycles. The Morgan fingerprint density at radius 3 is 2.77 bits per heavy atom. The fraction of sp³-hybridized carbons (Fsp3) is 0.520. The summed E-state index contributed by atoms with van der Waals surface area (Å²) in [5, 5.41) is 4.35. The lowest BCUT2D eigenvalue weighted by atomic mass is 9.97. The summed E-state index contributed by atoms with van der Waals surface area (Å²) in [6.45, 7) is 7.54. The maximum Gasteiger partial charge on any atom is 0.237 e. The number of aromatic nitrogens is 1. The third-order valence-electron chi connectivity index (χ3n) is 6.57. The van der Waals surface area contributed by atoms with E-state index >= 15 is 0 Å². The van der Waals surface area contributed by atoms with E-state index in [0.717, 1.165) is 51.2 Å². The SMILES string of the molecule is CC(C(=O)NCCC1=CCCCC1)N1CCN(Cc2cccc3cccnc23)CC1. The minimum absolute atomic E-state index is 0.0632. The molecule has 1 saturated heterocycles. The van der Waals surface area contributed by atoms with Crippen LogP contribution >= 0.6 is 0 Å². The van der Waals surface area contributed by atoms with Crippen molar-refractivity contribution in [3.05, 3.63) is 53.7 Å². The Bertz CT molecular complexity index is 880. The Morgan fingerprint density at radius 1 is 1.13 bits per heavy atom. The molecule has 5 heteroatoms. The molecule has 0 bridgehead atoms. The summed E-state index contributed by atoms with van der Waals surface area (Å²) in [5.74, 6) is 0.165. The van der Waals surface area contributed by atoms with Gasteiger partial charge in [-0.15, -0.1) is 0 Å². The van der Waals surface area contributed by atoms with E-state index < -0.39 is 0 Å². The van der Waals surface area contributed by atoms with Crippen LogP contribution in [0, 0.1) is 0 Å². The molecule has 4 rings (SSSR count). The Morgan fingerprint density at radius 2 is 1.97 bits per heavy atom. The van der Waals surface area contributed by atoms with Crippen molar-refractivity contribution in [3.63, 3.8) is 0 Å². The summed E-state index contributed by atoms with van der Waals surface area (Å²) in [4.78, 5) is 22.0. The first-order valence-electron chi connectivity index (χ1n) is 11.5. The third-order valence-corrected chi connectivity index (χ3v) is 6.57. The molecule has 30 heavy (non-hydrogen) atoms. The van der Waals surface area contributed by atoms with Gasteiger partial charge in [0, 0.05) is 50.9 Å². The zero-order valence-electron chi connectivity index (χ0n) is 18.1. The standard InChI is InChI=1S/C25H34N4O/c1-20(25(30)27-14-12-21-7-3-2-4-8-21)29-17-15-28(16-18-29)19-23-10-5-9-22-11-6-13-26-24(22)23/h5-7,9-11,13,20H,2-4,8,12,14-19H2,1H3,(H,27,30). The Labute approximate surface area is 180 Å². The van der Waals surface area contributed by atoms with Gasteiger partial charge in [0.2, 0.25) is 5.91 Å². The number of rotatable bonds is 7. The van der Waals surface area contributed by atoms with Crippen molar-refractivity contribution in [3.8, 4) is 0 Å². The van der Waals surface area contributed by atoms with Gasteiger partial charge >= 0.3 is 0 Å². The van der Waals surface area contributed by atoms with Crippen LogP contribution in [0.4, 0.5) is 0 Å². The number of nitrogens with zero attached hydrogens (tertiary/aromatic N) is 3. The van der Waals surface area contributed by atoms with Crippen molar-refractivity contribution < 1.29 is 4.79 Å². The first kappa shape index (κ1) is 21.0. The summed E-state index contributed by atoms with van der Waals surface area (Å²) >= 11 is 0. The molecule has 0 saturated carbocycles. The molecule has 2 aromatic rings. The highest BCUT2D eigenvalue weighted by molar-refractivity contribution is 5.82. The summed E-state index contributed by atoms with van der Waals surface area (Å²) in [6.07, 6.45) is 10.3. The second kappa shape index (κ2) is 10.2. The van der Waals surface area contributed by atoms with Crippen molar-refractivity contribution in [1.29, 1.82) is 0 Å². The Kier molecular flexibility index (Phi) is 7.13. The van der Waals surface area contributed by atoms with Crippen molar-refractivity contribution in [2.75, 3.05) is 32.7 Å². The van der Waals surface area contributed by atoms with E-state index in [1.54, 1.807) is 0 Å². The van der Waals surface area contributed by atoms with Gasteiger partial charge in [-0.25, -0.2) is 0 Å². The highest BCUT2D eigenvalue weighted by atomic mass is 16.2. The van der Waals surface area contributed by atoms with Crippen molar-refractivity contribution in [2.24, 2.45) is 0 Å². The van der Waals surface area contributed by atoms with E-state index in [2.05, 4.69) is 50.4 Å². The third kappa shape index (κ3) is 5.27. The Hall–Kier alpha value is -2.24. The van der Waals surface area contributed by atoms with E-state index in [1.165, 1.54) is 42.2 Å². The highest BCUT2D eigenvalue weighted by Gasteiger charge is 2.25. The predicted molar refractivity (Wildman–Crippen MR) is 122 cm³/mol. The highest BCUT2D eigenvalue weighted by Crippen LogP contribution is 2.20. The van der Waals surface area contributed by atoms with Crippen LogP contribution in [0.25, 0.3) is 10.9 Å². The van der Waals surface area contributed by atoms with Gasteiger partial charge in [0.1, 0.15) is 0 Å². The number of nitrogens with one attached hydrogen (secondary N) is 1. The lowest BCUT2D eigenvalue weighted by molar-refractivity contribution is -0.126. The molecule has 160 valence electrons. The molecule has 1 atom stereocenters. The van der Waals surface area contributed by atoms with Gasteiger partial charge in [0.15, 0.2) is 0 Å². The van der Waals surface area contributed by atoms with E-state index in [-0.39, 0.29) is 11.9 Å². The molecule has 1 aromatic heterocycles. The van der Waals surface area contributed by atoms with Gasteiger partial charge in [-0.05, 0) is 50.7 Å². The van der Waals surface area contributed by atoms with Gasteiger partial charge in [-0.2, -0.15) is 0 Å². The molecule has 1 aliphatic carbocycles. The topological polar surface area (TPSA) is 48.5 Å². The van der Waals surface area contributed by atoms with Crippen LogP contribution in [0.3, 0.4) is 0 Å². The van der Waals surface area contributed by atoms with E-state index in [9.17, 15) is 4.79 Å². The van der Waals surface area contributed by atoms with Gasteiger partial charge in [-0.3, -0.25) is 19.6 Å². The average Bonchev–Trinajstić information content (AvgIpc) is 2.80. The summed E-state index contributed by atoms with van der Waals surface area (Å²) in [5.41, 5.74) is 3.90. The monoisotopic (exact) mass is 406 g/mol. The molecule has 5 nitrogen and oxygen atoms in total. The molecule has 2 aliphatic rings. The van der Waals surface area contributed by atoms with Crippen molar-refractivity contribution in [1.82, 2.24) is 20.1 Å². The fourth-order valence-corrected chi connectivity index (χ4v) is 4.64. The van der Waals surface area contributed by atoms with Gasteiger partial charge in [0.25, 0.3) is 0 Å². The molecule has 0 radical (unpaired) electrons. The second-order valence-electron chi connectivity index (χ2n) is 8.63. The number of benzene rings is 1. The maximum absolute atomic E-state index is 12.6. The van der Waals surface area contributed by atoms with Crippen LogP contribution in [-0.4, -0.2) is 59.5 Å². The van der Waals surface area contributed by atoms with Crippen LogP contribution < -0.4 is 5.32 Å². The lowest BCUT2D eigenvalue weighted by Gasteiger charge is -2.37. The average molecular weight is 407 g/mol. The number of allylic oxidation sites excluding steroid dienone is 1. The fourth-order valence-electron chi connectivity index (χ4n) is 4.64. The van der Waals surface area contributed by atoms with Crippen LogP contribution in [0.15, 0.2) is 48.2 Å². The number of amides is 1. The number of piperazine rings is 1. The van der Waals surface area contributed by atoms with Crippen molar-refractivity contribution in [2.45, 2.75) is 51.6 Å². The molecule has 1 unspecified atom stereocenters. The number of hydrogen-bond donors (Lipinski definition) is 1. The van der Waals surface area contributed by atoms with Gasteiger partial charge < -0.3 is 5.32 Å². The van der Waals surface area contributed by atoms with Crippen LogP contribution in [-0.2, 0) is 11.3 Å². The van der Waals surface area contributed by atoms with Crippen LogP contribution in [0.2, 0.25) is 0 Å². The first-order chi connectivity index (χ1) is 14.7. The maximum atomic E-state index is 12.6. The quantitative estimate of drug-likeness (QED) is 0.712. The summed E-state index contributed by atoms with van der Waals surface area (Å²) in [6, 6.07) is 10.5. The molecular weight excluding hydrogens is 372 g/mol. The summed E-state index contributed by atoms with van der Waals surface area (Å²) in [7, 11) is 0. The Balaban J connectivity index is 1.23. The normalized spacial score (nSPS) is 19.4. The van der Waals surface area contributed by atoms with Crippen molar-refractivity contribution >= 4 is 16.8 Å². The smallest absolute Gasteiger partial charge is 0.237 e. The van der Waals surface area contributed by atoms with Crippen LogP contribution in [0.5, 0.6) is 0 Å². The van der Waals surface area contributed by atoms with Crippen LogP contribution in [0.1, 0.15) is 44.6 Å². The van der Waals surface area contributed by atoms with E-state index in [0.29, 0.717) is 0 Å². The molecule has 1 amide bonds. The number of fused-ring (bicyclic) bond motifs is 1. The number of para-hydroxylation sites is 1. The van der Waals surface area contributed by atoms with E-state index in [1.807, 2.05) is 19.2 Å². The molecule has 1 fully saturated rings. The molecule has 1 aromatic carbocycles. The number of carbonyl (C=O) groups is 1. The number of carbonyl (C=O) groups excluding carboxylic acids is 1.